The fourth-order valence-corrected chi connectivity index (χ4v) is 10.2. The number of piperazine rings is 1. The highest BCUT2D eigenvalue weighted by atomic mass is 32.2. The third kappa shape index (κ3) is 5.73. The van der Waals surface area contributed by atoms with E-state index in [2.05, 4.69) is 0 Å². The Morgan fingerprint density at radius 2 is 1.50 bits per heavy atom. The molecule has 1 saturated heterocycles. The highest BCUT2D eigenvalue weighted by molar-refractivity contribution is 7.92. The number of sulfone groups is 1. The van der Waals surface area contributed by atoms with Gasteiger partial charge in [0.15, 0.2) is 9.84 Å². The molecule has 4 saturated carbocycles. The second kappa shape index (κ2) is 10.8. The molecule has 1 heterocycles. The summed E-state index contributed by atoms with van der Waals surface area (Å²) in [6, 6.07) is 0.0410. The first-order valence-corrected chi connectivity index (χ1v) is 16.4. The van der Waals surface area contributed by atoms with Gasteiger partial charge in [0, 0.05) is 19.5 Å². The highest BCUT2D eigenvalue weighted by Crippen LogP contribution is 2.44. The molecule has 0 aromatic rings. The summed E-state index contributed by atoms with van der Waals surface area (Å²) in [6.45, 7) is 4.23. The Labute approximate surface area is 217 Å². The normalized spacial score (nSPS) is 36.3. The molecule has 0 spiro atoms. The number of nitrogens with zero attached hydrogens (tertiary/aromatic N) is 2. The average molecular weight is 523 g/mol. The largest absolute Gasteiger partial charge is 0.446 e. The zero-order valence-corrected chi connectivity index (χ0v) is 23.1. The van der Waals surface area contributed by atoms with Crippen molar-refractivity contribution in [1.29, 1.82) is 0 Å². The lowest BCUT2D eigenvalue weighted by Gasteiger charge is -2.54. The number of hydrogen-bond donors (Lipinski definition) is 0. The Morgan fingerprint density at radius 3 is 2.14 bits per heavy atom. The van der Waals surface area contributed by atoms with Gasteiger partial charge >= 0.3 is 6.09 Å². The molecular formula is C28H46N2O5S. The molecule has 4 atom stereocenters. The lowest BCUT2D eigenvalue weighted by Crippen LogP contribution is -2.67. The average Bonchev–Trinajstić information content (AvgIpc) is 3.67. The predicted octanol–water partition coefficient (Wildman–Crippen LogP) is 4.93. The van der Waals surface area contributed by atoms with E-state index < -0.39 is 9.84 Å². The molecule has 0 aromatic heterocycles. The Hall–Kier alpha value is -1.31. The van der Waals surface area contributed by atoms with Gasteiger partial charge in [0.25, 0.3) is 0 Å². The van der Waals surface area contributed by atoms with Crippen molar-refractivity contribution in [3.05, 3.63) is 0 Å². The Kier molecular flexibility index (Phi) is 7.90. The van der Waals surface area contributed by atoms with Crippen LogP contribution in [-0.2, 0) is 19.4 Å². The van der Waals surface area contributed by atoms with E-state index >= 15 is 0 Å². The lowest BCUT2D eigenvalue weighted by atomic mass is 9.69. The van der Waals surface area contributed by atoms with Crippen molar-refractivity contribution in [2.24, 2.45) is 17.8 Å². The molecule has 36 heavy (non-hydrogen) atoms. The second-order valence-corrected chi connectivity index (χ2v) is 14.9. The van der Waals surface area contributed by atoms with Crippen LogP contribution in [0, 0.1) is 17.8 Å². The van der Waals surface area contributed by atoms with Crippen LogP contribution in [0.1, 0.15) is 104 Å². The summed E-state index contributed by atoms with van der Waals surface area (Å²) in [4.78, 5) is 30.0. The van der Waals surface area contributed by atoms with Crippen molar-refractivity contribution in [3.63, 3.8) is 0 Å². The zero-order valence-electron chi connectivity index (χ0n) is 22.3. The Bertz CT molecular complexity index is 905. The van der Waals surface area contributed by atoms with Crippen LogP contribution in [0.2, 0.25) is 0 Å². The summed E-state index contributed by atoms with van der Waals surface area (Å²) in [7, 11) is -2.96. The van der Waals surface area contributed by atoms with Gasteiger partial charge in [-0.1, -0.05) is 6.42 Å². The number of hydrogen-bond acceptors (Lipinski definition) is 5. The monoisotopic (exact) mass is 522 g/mol. The standard InChI is InChI=1S/C28H46N2O5S/c1-19-17-29(28(32)35-24-6-4-3-5-7-24)27-16-23(12-15-26(27)30(19)20(2)31)22-10-13-25(14-11-22)36(33,34)18-21-8-9-21/h19,21-27H,3-18H2,1-2H3/t19-,22?,23?,25?,26?,27?/m0/s1. The van der Waals surface area contributed by atoms with Crippen molar-refractivity contribution in [3.8, 4) is 0 Å². The molecule has 8 heteroatoms. The van der Waals surface area contributed by atoms with Crippen LogP contribution in [-0.4, -0.2) is 72.0 Å². The van der Waals surface area contributed by atoms with E-state index in [0.717, 1.165) is 83.5 Å². The number of carbonyl (C=O) groups is 2. The molecule has 7 nitrogen and oxygen atoms in total. The quantitative estimate of drug-likeness (QED) is 0.511. The molecule has 0 N–H and O–H groups in total. The lowest BCUT2D eigenvalue weighted by molar-refractivity contribution is -0.143. The minimum atomic E-state index is -2.96. The summed E-state index contributed by atoms with van der Waals surface area (Å²) in [5.41, 5.74) is 0. The van der Waals surface area contributed by atoms with Gasteiger partial charge in [0.05, 0.1) is 23.1 Å². The van der Waals surface area contributed by atoms with Crippen LogP contribution in [0.4, 0.5) is 4.79 Å². The van der Waals surface area contributed by atoms with Gasteiger partial charge in [-0.15, -0.1) is 0 Å². The molecule has 4 aliphatic carbocycles. The molecule has 0 bridgehead atoms. The maximum absolute atomic E-state index is 13.4. The van der Waals surface area contributed by atoms with Gasteiger partial charge < -0.3 is 14.5 Å². The van der Waals surface area contributed by atoms with Crippen molar-refractivity contribution >= 4 is 21.8 Å². The summed E-state index contributed by atoms with van der Waals surface area (Å²) in [5.74, 6) is 1.90. The van der Waals surface area contributed by atoms with Crippen LogP contribution in [0.3, 0.4) is 0 Å². The van der Waals surface area contributed by atoms with E-state index in [4.69, 9.17) is 4.74 Å². The molecule has 2 amide bonds. The molecule has 1 aliphatic heterocycles. The maximum Gasteiger partial charge on any atom is 0.410 e. The number of amides is 2. The minimum absolute atomic E-state index is 0.00346. The fraction of sp³-hybridized carbons (Fsp3) is 0.929. The first kappa shape index (κ1) is 26.3. The molecule has 5 rings (SSSR count). The molecule has 0 aromatic carbocycles. The summed E-state index contributed by atoms with van der Waals surface area (Å²) in [6.07, 6.45) is 13.7. The first-order chi connectivity index (χ1) is 17.2. The summed E-state index contributed by atoms with van der Waals surface area (Å²) in [5, 5.41) is -0.156. The second-order valence-electron chi connectivity index (χ2n) is 12.6. The van der Waals surface area contributed by atoms with Crippen molar-refractivity contribution < 1.29 is 22.7 Å². The Morgan fingerprint density at radius 1 is 0.833 bits per heavy atom. The zero-order chi connectivity index (χ0) is 25.4. The highest BCUT2D eigenvalue weighted by Gasteiger charge is 2.48. The molecule has 204 valence electrons. The van der Waals surface area contributed by atoms with Gasteiger partial charge in [0.2, 0.25) is 5.91 Å². The number of fused-ring (bicyclic) bond motifs is 1. The molecule has 0 radical (unpaired) electrons. The topological polar surface area (TPSA) is 84.0 Å². The predicted molar refractivity (Wildman–Crippen MR) is 139 cm³/mol. The summed E-state index contributed by atoms with van der Waals surface area (Å²) >= 11 is 0. The number of carbonyl (C=O) groups excluding carboxylic acids is 2. The van der Waals surface area contributed by atoms with Crippen LogP contribution in [0.5, 0.6) is 0 Å². The smallest absolute Gasteiger partial charge is 0.410 e. The molecular weight excluding hydrogens is 476 g/mol. The molecule has 5 aliphatic rings. The maximum atomic E-state index is 13.4. The van der Waals surface area contributed by atoms with Gasteiger partial charge in [-0.25, -0.2) is 13.2 Å². The van der Waals surface area contributed by atoms with Gasteiger partial charge in [-0.05, 0) is 108 Å². The van der Waals surface area contributed by atoms with E-state index in [1.807, 2.05) is 16.7 Å². The van der Waals surface area contributed by atoms with Gasteiger partial charge in [-0.3, -0.25) is 4.79 Å². The molecule has 3 unspecified atom stereocenters. The van der Waals surface area contributed by atoms with E-state index in [-0.39, 0.29) is 41.5 Å². The van der Waals surface area contributed by atoms with Crippen LogP contribution in [0.25, 0.3) is 0 Å². The number of rotatable bonds is 5. The van der Waals surface area contributed by atoms with E-state index in [9.17, 15) is 18.0 Å². The van der Waals surface area contributed by atoms with Crippen LogP contribution >= 0.6 is 0 Å². The van der Waals surface area contributed by atoms with Gasteiger partial charge in [-0.2, -0.15) is 0 Å². The fourth-order valence-electron chi connectivity index (χ4n) is 7.90. The van der Waals surface area contributed by atoms with E-state index in [1.165, 1.54) is 6.42 Å². The number of ether oxygens (including phenoxy) is 1. The van der Waals surface area contributed by atoms with E-state index in [1.54, 1.807) is 6.92 Å². The third-order valence-electron chi connectivity index (χ3n) is 9.99. The minimum Gasteiger partial charge on any atom is -0.446 e. The van der Waals surface area contributed by atoms with Crippen molar-refractivity contribution in [1.82, 2.24) is 9.80 Å². The van der Waals surface area contributed by atoms with E-state index in [0.29, 0.717) is 30.1 Å². The van der Waals surface area contributed by atoms with Crippen molar-refractivity contribution in [2.75, 3.05) is 12.3 Å². The Balaban J connectivity index is 1.24. The summed E-state index contributed by atoms with van der Waals surface area (Å²) < 4.78 is 31.7. The third-order valence-corrected chi connectivity index (χ3v) is 12.4. The first-order valence-electron chi connectivity index (χ1n) is 14.7. The molecule has 5 fully saturated rings. The van der Waals surface area contributed by atoms with Crippen LogP contribution < -0.4 is 0 Å². The SMILES string of the molecule is CC(=O)N1C2CCC(C3CCC(S(=O)(=O)CC4CC4)CC3)CC2N(C(=O)OC2CCCCC2)C[C@@H]1C. The van der Waals surface area contributed by atoms with Gasteiger partial charge in [0.1, 0.15) is 6.10 Å². The van der Waals surface area contributed by atoms with Crippen molar-refractivity contribution in [2.45, 2.75) is 133 Å². The van der Waals surface area contributed by atoms with Crippen LogP contribution in [0.15, 0.2) is 0 Å².